The van der Waals surface area contributed by atoms with Gasteiger partial charge in [0.15, 0.2) is 12.0 Å². The molecule has 1 unspecified atom stereocenters. The topological polar surface area (TPSA) is 177 Å². The summed E-state index contributed by atoms with van der Waals surface area (Å²) in [5, 5.41) is 41.3. The number of nitrogens with zero attached hydrogens (tertiary/aromatic N) is 2. The van der Waals surface area contributed by atoms with E-state index in [0.29, 0.717) is 0 Å². The number of aliphatic hydroxyl groups is 4. The average molecular weight is 301 g/mol. The number of fused-ring (bicyclic) bond motifs is 1. The summed E-state index contributed by atoms with van der Waals surface area (Å²) >= 11 is 0. The van der Waals surface area contributed by atoms with Crippen molar-refractivity contribution in [3.63, 3.8) is 0 Å². The number of hydrogen-bond donors (Lipinski definition) is 7. The number of hydrogen-bond acceptors (Lipinski definition) is 10. The summed E-state index contributed by atoms with van der Waals surface area (Å²) in [5.74, 6) is -0.190. The van der Waals surface area contributed by atoms with Crippen molar-refractivity contribution in [1.82, 2.24) is 9.97 Å². The first-order valence-corrected chi connectivity index (χ1v) is 6.19. The molecule has 116 valence electrons. The first kappa shape index (κ1) is 14.0. The van der Waals surface area contributed by atoms with Gasteiger partial charge < -0.3 is 36.2 Å². The number of nitrogens with one attached hydrogen (secondary N) is 2. The van der Waals surface area contributed by atoms with Crippen molar-refractivity contribution in [1.29, 1.82) is 0 Å². The normalized spacial score (nSPS) is 34.9. The van der Waals surface area contributed by atoms with E-state index in [0.717, 1.165) is 4.90 Å². The number of nitrogen functional groups attached to an aromatic ring is 1. The van der Waals surface area contributed by atoms with Gasteiger partial charge in [0, 0.05) is 0 Å². The van der Waals surface area contributed by atoms with Gasteiger partial charge in [0.1, 0.15) is 24.0 Å². The molecule has 0 amide bonds. The van der Waals surface area contributed by atoms with Gasteiger partial charge in [0.05, 0.1) is 6.61 Å². The van der Waals surface area contributed by atoms with E-state index in [4.69, 9.17) is 15.6 Å². The van der Waals surface area contributed by atoms with Crippen LogP contribution in [0.15, 0.2) is 4.79 Å². The number of rotatable bonds is 2. The highest BCUT2D eigenvalue weighted by molar-refractivity contribution is 5.71. The van der Waals surface area contributed by atoms with Gasteiger partial charge in [-0.2, -0.15) is 4.98 Å². The zero-order valence-corrected chi connectivity index (χ0v) is 10.7. The third-order valence-corrected chi connectivity index (χ3v) is 3.49. The zero-order valence-electron chi connectivity index (χ0n) is 10.7. The fourth-order valence-corrected chi connectivity index (χ4v) is 2.48. The number of H-pyrrole nitrogens is 1. The lowest BCUT2D eigenvalue weighted by molar-refractivity contribution is -0.0319. The predicted octanol–water partition coefficient (Wildman–Crippen LogP) is -3.70. The maximum Gasteiger partial charge on any atom is 0.278 e. The predicted molar refractivity (Wildman–Crippen MR) is 69.1 cm³/mol. The van der Waals surface area contributed by atoms with Crippen LogP contribution in [0, 0.1) is 0 Å². The summed E-state index contributed by atoms with van der Waals surface area (Å²) < 4.78 is 5.31. The van der Waals surface area contributed by atoms with Gasteiger partial charge in [0.25, 0.3) is 5.56 Å². The average Bonchev–Trinajstić information content (AvgIpc) is 2.89. The van der Waals surface area contributed by atoms with Gasteiger partial charge in [-0.3, -0.25) is 14.7 Å². The van der Waals surface area contributed by atoms with Gasteiger partial charge in [-0.1, -0.05) is 0 Å². The Bertz CT molecular complexity index is 608. The molecule has 11 heteroatoms. The summed E-state index contributed by atoms with van der Waals surface area (Å²) in [5.41, 5.74) is 4.83. The van der Waals surface area contributed by atoms with Crippen LogP contribution in [0.3, 0.4) is 0 Å². The van der Waals surface area contributed by atoms with Crippen molar-refractivity contribution in [3.8, 4) is 0 Å². The van der Waals surface area contributed by atoms with E-state index in [1.807, 2.05) is 0 Å². The molecule has 0 radical (unpaired) electrons. The maximum absolute atomic E-state index is 11.7. The fourth-order valence-electron chi connectivity index (χ4n) is 2.48. The molecule has 3 rings (SSSR count). The molecule has 8 N–H and O–H groups in total. The van der Waals surface area contributed by atoms with Crippen LogP contribution in [0.5, 0.6) is 0 Å². The molecule has 1 fully saturated rings. The van der Waals surface area contributed by atoms with Gasteiger partial charge in [0.2, 0.25) is 12.3 Å². The Morgan fingerprint density at radius 3 is 2.67 bits per heavy atom. The molecule has 1 saturated heterocycles. The molecule has 1 aromatic rings. The van der Waals surface area contributed by atoms with Gasteiger partial charge in [-0.25, -0.2) is 0 Å². The Hall–Kier alpha value is -1.92. The number of aromatic amines is 1. The van der Waals surface area contributed by atoms with E-state index in [1.54, 1.807) is 0 Å². The largest absolute Gasteiger partial charge is 0.394 e. The Kier molecular flexibility index (Phi) is 3.22. The number of ether oxygens (including phenoxy) is 1. The Morgan fingerprint density at radius 1 is 1.33 bits per heavy atom. The number of anilines is 3. The van der Waals surface area contributed by atoms with E-state index in [9.17, 15) is 20.1 Å². The first-order chi connectivity index (χ1) is 9.93. The summed E-state index contributed by atoms with van der Waals surface area (Å²) in [7, 11) is 0. The lowest BCUT2D eigenvalue weighted by atomic mass is 10.1. The van der Waals surface area contributed by atoms with Crippen LogP contribution in [-0.2, 0) is 4.74 Å². The van der Waals surface area contributed by atoms with E-state index in [2.05, 4.69) is 15.3 Å². The second-order valence-corrected chi connectivity index (χ2v) is 4.80. The molecule has 5 atom stereocenters. The van der Waals surface area contributed by atoms with Crippen LogP contribution in [0.1, 0.15) is 0 Å². The fraction of sp³-hybridized carbons (Fsp3) is 0.600. The van der Waals surface area contributed by atoms with E-state index >= 15 is 0 Å². The van der Waals surface area contributed by atoms with Gasteiger partial charge >= 0.3 is 0 Å². The minimum Gasteiger partial charge on any atom is -0.394 e. The SMILES string of the molecule is Nc1nc2c(c(=O)[nH]1)NC(O)N2[C@@H]1O[C@H](CO)[C@@H](O)[C@H]1O. The highest BCUT2D eigenvalue weighted by Gasteiger charge is 2.49. The summed E-state index contributed by atoms with van der Waals surface area (Å²) in [6, 6.07) is 0. The molecule has 21 heavy (non-hydrogen) atoms. The number of nitrogens with two attached hydrogens (primary N) is 1. The summed E-state index contributed by atoms with van der Waals surface area (Å²) in [4.78, 5) is 19.0. The molecule has 2 aliphatic rings. The lowest BCUT2D eigenvalue weighted by Gasteiger charge is -2.29. The number of aromatic nitrogens is 2. The third-order valence-electron chi connectivity index (χ3n) is 3.49. The van der Waals surface area contributed by atoms with Gasteiger partial charge in [-0.15, -0.1) is 0 Å². The molecule has 3 heterocycles. The van der Waals surface area contributed by atoms with E-state index in [1.165, 1.54) is 0 Å². The molecular formula is C10H15N5O6. The standard InChI is InChI=1S/C10H15N5O6/c11-9-13-6-3(7(19)14-9)12-10(20)15(6)8-5(18)4(17)2(1-16)21-8/h2,4-5,8,10,12,16-18,20H,1H2,(H3,11,13,14,19)/t2-,4-,5-,8-,10?/m1/s1. The maximum atomic E-state index is 11.7. The highest BCUT2D eigenvalue weighted by atomic mass is 16.6. The van der Waals surface area contributed by atoms with Crippen LogP contribution in [0.25, 0.3) is 0 Å². The highest BCUT2D eigenvalue weighted by Crippen LogP contribution is 2.35. The van der Waals surface area contributed by atoms with Gasteiger partial charge in [-0.05, 0) is 0 Å². The molecule has 2 aliphatic heterocycles. The van der Waals surface area contributed by atoms with E-state index in [-0.39, 0.29) is 17.5 Å². The second kappa shape index (κ2) is 4.82. The van der Waals surface area contributed by atoms with Crippen molar-refractivity contribution < 1.29 is 25.2 Å². The molecule has 0 saturated carbocycles. The van der Waals surface area contributed by atoms with Crippen LogP contribution in [0.2, 0.25) is 0 Å². The lowest BCUT2D eigenvalue weighted by Crippen LogP contribution is -2.49. The minimum absolute atomic E-state index is 0.0152. The van der Waals surface area contributed by atoms with Crippen LogP contribution < -0.4 is 21.5 Å². The zero-order chi connectivity index (χ0) is 15.3. The monoisotopic (exact) mass is 301 g/mol. The second-order valence-electron chi connectivity index (χ2n) is 4.80. The molecular weight excluding hydrogens is 286 g/mol. The smallest absolute Gasteiger partial charge is 0.278 e. The van der Waals surface area contributed by atoms with Crippen molar-refractivity contribution in [3.05, 3.63) is 10.4 Å². The molecule has 11 nitrogen and oxygen atoms in total. The first-order valence-electron chi connectivity index (χ1n) is 6.19. The molecule has 0 spiro atoms. The van der Waals surface area contributed by atoms with Crippen molar-refractivity contribution in [2.75, 3.05) is 22.6 Å². The molecule has 0 bridgehead atoms. The minimum atomic E-state index is -1.41. The Labute approximate surface area is 117 Å². The summed E-state index contributed by atoms with van der Waals surface area (Å²) in [6.07, 6.45) is -6.36. The van der Waals surface area contributed by atoms with Crippen molar-refractivity contribution >= 4 is 17.5 Å². The van der Waals surface area contributed by atoms with Crippen LogP contribution in [0.4, 0.5) is 17.5 Å². The number of aliphatic hydroxyl groups excluding tert-OH is 4. The van der Waals surface area contributed by atoms with Crippen LogP contribution >= 0.6 is 0 Å². The third kappa shape index (κ3) is 2.02. The molecule has 1 aromatic heterocycles. The molecule has 0 aromatic carbocycles. The Morgan fingerprint density at radius 2 is 2.05 bits per heavy atom. The van der Waals surface area contributed by atoms with Crippen molar-refractivity contribution in [2.45, 2.75) is 30.9 Å². The van der Waals surface area contributed by atoms with Crippen LogP contribution in [-0.4, -0.2) is 67.9 Å². The Balaban J connectivity index is 2.00. The van der Waals surface area contributed by atoms with Crippen molar-refractivity contribution in [2.24, 2.45) is 0 Å². The summed E-state index contributed by atoms with van der Waals surface area (Å²) in [6.45, 7) is -0.510. The quantitative estimate of drug-likeness (QED) is 0.287. The van der Waals surface area contributed by atoms with E-state index < -0.39 is 43.1 Å². The molecule has 0 aliphatic carbocycles.